The third kappa shape index (κ3) is 3.56. The normalized spacial score (nSPS) is 11.2. The van der Waals surface area contributed by atoms with Gasteiger partial charge in [0.25, 0.3) is 0 Å². The summed E-state index contributed by atoms with van der Waals surface area (Å²) in [6.45, 7) is 1.95. The lowest BCUT2D eigenvalue weighted by Crippen LogP contribution is -2.02. The highest BCUT2D eigenvalue weighted by atomic mass is 35.5. The van der Waals surface area contributed by atoms with Gasteiger partial charge in [0, 0.05) is 16.5 Å². The number of aromatic nitrogens is 2. The number of aryl methyl sites for hydroxylation is 1. The van der Waals surface area contributed by atoms with Crippen molar-refractivity contribution in [3.05, 3.63) is 82.5 Å². The van der Waals surface area contributed by atoms with E-state index in [2.05, 4.69) is 15.3 Å². The first-order valence-corrected chi connectivity index (χ1v) is 10.5. The standard InChI is InChI=1S/C23H14ClF2N3OS/c1-12-6-8-17(31-12)23-20(26)21(13-4-2-3-5-14(13)28-23)29-15-10-11-27-22(19(15)25)16-7-9-18(24)30-16/h2-11H,1H3,(H,27,28,29). The van der Waals surface area contributed by atoms with Gasteiger partial charge in [-0.15, -0.1) is 11.3 Å². The molecule has 1 aromatic carbocycles. The fourth-order valence-corrected chi connectivity index (χ4v) is 4.32. The molecule has 5 aromatic rings. The van der Waals surface area contributed by atoms with Gasteiger partial charge in [0.15, 0.2) is 22.6 Å². The third-order valence-electron chi connectivity index (χ3n) is 4.76. The molecule has 0 saturated carbocycles. The second kappa shape index (κ2) is 7.76. The average Bonchev–Trinajstić information content (AvgIpc) is 3.39. The number of halogens is 3. The van der Waals surface area contributed by atoms with Crippen molar-refractivity contribution in [1.29, 1.82) is 0 Å². The number of para-hydroxylation sites is 1. The van der Waals surface area contributed by atoms with Crippen LogP contribution in [0.1, 0.15) is 4.88 Å². The zero-order chi connectivity index (χ0) is 21.5. The molecule has 0 spiro atoms. The number of hydrogen-bond donors (Lipinski definition) is 1. The van der Waals surface area contributed by atoms with Crippen LogP contribution in [0.15, 0.2) is 65.2 Å². The maximum absolute atomic E-state index is 15.6. The van der Waals surface area contributed by atoms with Crippen molar-refractivity contribution in [1.82, 2.24) is 9.97 Å². The van der Waals surface area contributed by atoms with Crippen LogP contribution < -0.4 is 5.32 Å². The number of hydrogen-bond acceptors (Lipinski definition) is 5. The summed E-state index contributed by atoms with van der Waals surface area (Å²) < 4.78 is 36.2. The maximum atomic E-state index is 15.6. The predicted octanol–water partition coefficient (Wildman–Crippen LogP) is 7.60. The van der Waals surface area contributed by atoms with Crippen LogP contribution in [-0.2, 0) is 0 Å². The highest BCUT2D eigenvalue weighted by Crippen LogP contribution is 2.38. The van der Waals surface area contributed by atoms with Gasteiger partial charge in [0.05, 0.1) is 21.8 Å². The van der Waals surface area contributed by atoms with Crippen molar-refractivity contribution in [2.45, 2.75) is 6.92 Å². The Morgan fingerprint density at radius 2 is 1.81 bits per heavy atom. The number of nitrogens with zero attached hydrogens (tertiary/aromatic N) is 2. The molecule has 0 atom stereocenters. The quantitative estimate of drug-likeness (QED) is 0.304. The smallest absolute Gasteiger partial charge is 0.194 e. The van der Waals surface area contributed by atoms with E-state index in [1.807, 2.05) is 25.1 Å². The van der Waals surface area contributed by atoms with Gasteiger partial charge < -0.3 is 9.73 Å². The van der Waals surface area contributed by atoms with Gasteiger partial charge in [-0.2, -0.15) is 0 Å². The second-order valence-electron chi connectivity index (χ2n) is 6.83. The van der Waals surface area contributed by atoms with Crippen molar-refractivity contribution >= 4 is 45.2 Å². The van der Waals surface area contributed by atoms with Crippen LogP contribution in [0.5, 0.6) is 0 Å². The molecule has 0 fully saturated rings. The van der Waals surface area contributed by atoms with Crippen LogP contribution in [0.25, 0.3) is 32.9 Å². The van der Waals surface area contributed by atoms with Crippen molar-refractivity contribution in [2.75, 3.05) is 5.32 Å². The molecule has 1 N–H and O–H groups in total. The van der Waals surface area contributed by atoms with Crippen molar-refractivity contribution in [3.8, 4) is 22.0 Å². The Labute approximate surface area is 185 Å². The molecule has 154 valence electrons. The summed E-state index contributed by atoms with van der Waals surface area (Å²) in [5.74, 6) is -1.05. The van der Waals surface area contributed by atoms with Crippen LogP contribution in [0, 0.1) is 18.6 Å². The Morgan fingerprint density at radius 1 is 0.968 bits per heavy atom. The van der Waals surface area contributed by atoms with Gasteiger partial charge in [-0.05, 0) is 54.9 Å². The molecule has 0 aliphatic carbocycles. The van der Waals surface area contributed by atoms with E-state index >= 15 is 8.78 Å². The van der Waals surface area contributed by atoms with E-state index in [4.69, 9.17) is 16.0 Å². The van der Waals surface area contributed by atoms with Gasteiger partial charge >= 0.3 is 0 Å². The SMILES string of the molecule is Cc1ccc(-c2nc3ccccc3c(Nc3ccnc(-c4ccc(Cl)o4)c3F)c2F)s1. The number of fused-ring (bicyclic) bond motifs is 1. The Hall–Kier alpha value is -3.29. The Kier molecular flexibility index (Phi) is 4.92. The van der Waals surface area contributed by atoms with E-state index in [0.29, 0.717) is 15.8 Å². The van der Waals surface area contributed by atoms with E-state index in [9.17, 15) is 0 Å². The number of furan rings is 1. The molecule has 0 saturated heterocycles. The molecule has 31 heavy (non-hydrogen) atoms. The van der Waals surface area contributed by atoms with E-state index in [1.165, 1.54) is 35.7 Å². The number of benzene rings is 1. The summed E-state index contributed by atoms with van der Waals surface area (Å²) in [7, 11) is 0. The number of pyridine rings is 2. The molecule has 0 aliphatic heterocycles. The lowest BCUT2D eigenvalue weighted by Gasteiger charge is -2.14. The Balaban J connectivity index is 1.67. The summed E-state index contributed by atoms with van der Waals surface area (Å²) in [6, 6.07) is 15.3. The number of anilines is 2. The van der Waals surface area contributed by atoms with E-state index in [1.54, 1.807) is 18.2 Å². The molecule has 0 bridgehead atoms. The lowest BCUT2D eigenvalue weighted by atomic mass is 10.1. The highest BCUT2D eigenvalue weighted by molar-refractivity contribution is 7.15. The average molecular weight is 454 g/mol. The lowest BCUT2D eigenvalue weighted by molar-refractivity contribution is 0.567. The van der Waals surface area contributed by atoms with E-state index < -0.39 is 11.6 Å². The Bertz CT molecular complexity index is 1430. The first kappa shape index (κ1) is 19.7. The van der Waals surface area contributed by atoms with Gasteiger partial charge in [0.1, 0.15) is 11.4 Å². The van der Waals surface area contributed by atoms with Crippen molar-refractivity contribution in [3.63, 3.8) is 0 Å². The molecule has 8 heteroatoms. The summed E-state index contributed by atoms with van der Waals surface area (Å²) in [4.78, 5) is 10.3. The molecule has 4 heterocycles. The molecular formula is C23H14ClF2N3OS. The molecule has 4 aromatic heterocycles. The fourth-order valence-electron chi connectivity index (χ4n) is 3.32. The minimum absolute atomic E-state index is 0.0234. The number of nitrogens with one attached hydrogen (secondary N) is 1. The van der Waals surface area contributed by atoms with Gasteiger partial charge in [-0.25, -0.2) is 18.7 Å². The zero-order valence-electron chi connectivity index (χ0n) is 16.1. The van der Waals surface area contributed by atoms with Gasteiger partial charge in [0.2, 0.25) is 0 Å². The maximum Gasteiger partial charge on any atom is 0.194 e. The molecule has 0 radical (unpaired) electrons. The number of thiophene rings is 1. The monoisotopic (exact) mass is 453 g/mol. The Morgan fingerprint density at radius 3 is 2.55 bits per heavy atom. The van der Waals surface area contributed by atoms with E-state index in [0.717, 1.165) is 4.88 Å². The first-order valence-electron chi connectivity index (χ1n) is 9.33. The molecular weight excluding hydrogens is 440 g/mol. The third-order valence-corrected chi connectivity index (χ3v) is 5.97. The van der Waals surface area contributed by atoms with Crippen LogP contribution in [0.3, 0.4) is 0 Å². The van der Waals surface area contributed by atoms with E-state index in [-0.39, 0.29) is 33.7 Å². The van der Waals surface area contributed by atoms with Crippen LogP contribution in [0.2, 0.25) is 5.22 Å². The predicted molar refractivity (Wildman–Crippen MR) is 120 cm³/mol. The summed E-state index contributed by atoms with van der Waals surface area (Å²) in [6.07, 6.45) is 1.42. The van der Waals surface area contributed by atoms with Crippen molar-refractivity contribution < 1.29 is 13.2 Å². The van der Waals surface area contributed by atoms with Crippen LogP contribution in [-0.4, -0.2) is 9.97 Å². The molecule has 0 unspecified atom stereocenters. The second-order valence-corrected chi connectivity index (χ2v) is 8.49. The fraction of sp³-hybridized carbons (Fsp3) is 0.0435. The minimum Gasteiger partial charge on any atom is -0.443 e. The summed E-state index contributed by atoms with van der Waals surface area (Å²) in [5.41, 5.74) is 0.984. The summed E-state index contributed by atoms with van der Waals surface area (Å²) >= 11 is 7.25. The zero-order valence-corrected chi connectivity index (χ0v) is 17.7. The van der Waals surface area contributed by atoms with Crippen LogP contribution >= 0.6 is 22.9 Å². The largest absolute Gasteiger partial charge is 0.443 e. The minimum atomic E-state index is -0.678. The molecule has 0 aliphatic rings. The topological polar surface area (TPSA) is 51.0 Å². The molecule has 5 rings (SSSR count). The summed E-state index contributed by atoms with van der Waals surface area (Å²) in [5, 5.41) is 3.58. The highest BCUT2D eigenvalue weighted by Gasteiger charge is 2.21. The van der Waals surface area contributed by atoms with Crippen LogP contribution in [0.4, 0.5) is 20.2 Å². The molecule has 4 nitrogen and oxygen atoms in total. The molecule has 0 amide bonds. The van der Waals surface area contributed by atoms with Gasteiger partial charge in [-0.1, -0.05) is 18.2 Å². The first-order chi connectivity index (χ1) is 15.0. The number of rotatable bonds is 4. The van der Waals surface area contributed by atoms with Gasteiger partial charge in [-0.3, -0.25) is 0 Å². The van der Waals surface area contributed by atoms with Crippen molar-refractivity contribution in [2.24, 2.45) is 0 Å².